The van der Waals surface area contributed by atoms with E-state index in [0.717, 1.165) is 6.42 Å². The van der Waals surface area contributed by atoms with Crippen molar-refractivity contribution in [3.05, 3.63) is 106 Å². The third-order valence-electron chi connectivity index (χ3n) is 4.72. The number of rotatable bonds is 5. The summed E-state index contributed by atoms with van der Waals surface area (Å²) in [5.74, 6) is 0.0595. The lowest BCUT2D eigenvalue weighted by Crippen LogP contribution is -2.35. The Balaban J connectivity index is 1.57. The maximum absolute atomic E-state index is 12.4. The number of carbonyl (C=O) groups is 1. The number of methoxy groups -OCH3 is 1. The van der Waals surface area contributed by atoms with E-state index < -0.39 is 5.97 Å². The van der Waals surface area contributed by atoms with Crippen molar-refractivity contribution >= 4 is 16.9 Å². The summed E-state index contributed by atoms with van der Waals surface area (Å²) in [6.07, 6.45) is 4.80. The van der Waals surface area contributed by atoms with E-state index in [9.17, 15) is 9.59 Å². The molecular formula is C23H20N3O3+. The SMILES string of the molecule is COC(=O)c1ccc2c(=O)[nH]c(C[n+]3ccc(Cc4ccccc4)cc3)nc2c1. The van der Waals surface area contributed by atoms with E-state index in [0.29, 0.717) is 28.8 Å². The van der Waals surface area contributed by atoms with Gasteiger partial charge in [-0.3, -0.25) is 4.79 Å². The van der Waals surface area contributed by atoms with E-state index >= 15 is 0 Å². The Labute approximate surface area is 167 Å². The van der Waals surface area contributed by atoms with E-state index in [1.807, 2.05) is 35.2 Å². The Hall–Kier alpha value is -3.80. The predicted molar refractivity (Wildman–Crippen MR) is 109 cm³/mol. The lowest BCUT2D eigenvalue weighted by molar-refractivity contribution is -0.689. The van der Waals surface area contributed by atoms with Gasteiger partial charge in [0.1, 0.15) is 0 Å². The molecule has 0 saturated carbocycles. The molecule has 2 heterocycles. The third-order valence-corrected chi connectivity index (χ3v) is 4.72. The average molecular weight is 386 g/mol. The molecule has 0 unspecified atom stereocenters. The topological polar surface area (TPSA) is 75.9 Å². The monoisotopic (exact) mass is 386 g/mol. The Kier molecular flexibility index (Phi) is 5.16. The molecule has 0 saturated heterocycles. The number of nitrogens with zero attached hydrogens (tertiary/aromatic N) is 2. The van der Waals surface area contributed by atoms with Crippen molar-refractivity contribution in [3.8, 4) is 0 Å². The van der Waals surface area contributed by atoms with Crippen LogP contribution in [0.1, 0.15) is 27.3 Å². The number of aromatic nitrogens is 3. The van der Waals surface area contributed by atoms with Crippen molar-refractivity contribution in [2.45, 2.75) is 13.0 Å². The number of aromatic amines is 1. The number of esters is 1. The van der Waals surface area contributed by atoms with Crippen molar-refractivity contribution in [3.63, 3.8) is 0 Å². The first kappa shape index (κ1) is 18.6. The molecular weight excluding hydrogens is 366 g/mol. The number of ether oxygens (including phenoxy) is 1. The fourth-order valence-corrected chi connectivity index (χ4v) is 3.22. The molecule has 1 N–H and O–H groups in total. The first-order valence-electron chi connectivity index (χ1n) is 9.25. The molecule has 0 radical (unpaired) electrons. The van der Waals surface area contributed by atoms with Gasteiger partial charge in [0.25, 0.3) is 5.56 Å². The second kappa shape index (κ2) is 8.06. The zero-order valence-corrected chi connectivity index (χ0v) is 16.0. The molecule has 144 valence electrons. The Morgan fingerprint density at radius 3 is 2.48 bits per heavy atom. The molecule has 0 aliphatic heterocycles. The number of hydrogen-bond acceptors (Lipinski definition) is 4. The highest BCUT2D eigenvalue weighted by Crippen LogP contribution is 2.12. The molecule has 2 aromatic carbocycles. The van der Waals surface area contributed by atoms with Gasteiger partial charge in [0.05, 0.1) is 23.6 Å². The molecule has 29 heavy (non-hydrogen) atoms. The van der Waals surface area contributed by atoms with Gasteiger partial charge in [0.15, 0.2) is 18.2 Å². The Morgan fingerprint density at radius 2 is 1.76 bits per heavy atom. The highest BCUT2D eigenvalue weighted by Gasteiger charge is 2.12. The number of benzene rings is 2. The average Bonchev–Trinajstić information content (AvgIpc) is 2.75. The summed E-state index contributed by atoms with van der Waals surface area (Å²) in [6.45, 7) is 0.416. The molecule has 4 rings (SSSR count). The van der Waals surface area contributed by atoms with Gasteiger partial charge in [-0.2, -0.15) is 4.57 Å². The Bertz CT molecular complexity index is 1220. The summed E-state index contributed by atoms with van der Waals surface area (Å²) in [7, 11) is 1.32. The number of carbonyl (C=O) groups excluding carboxylic acids is 1. The van der Waals surface area contributed by atoms with E-state index in [4.69, 9.17) is 4.74 Å². The fraction of sp³-hybridized carbons (Fsp3) is 0.130. The van der Waals surface area contributed by atoms with Gasteiger partial charge in [-0.1, -0.05) is 30.3 Å². The van der Waals surface area contributed by atoms with Crippen LogP contribution >= 0.6 is 0 Å². The second-order valence-electron chi connectivity index (χ2n) is 6.78. The third kappa shape index (κ3) is 4.21. The van der Waals surface area contributed by atoms with Crippen LogP contribution in [0.5, 0.6) is 0 Å². The van der Waals surface area contributed by atoms with Gasteiger partial charge in [-0.05, 0) is 35.7 Å². The van der Waals surface area contributed by atoms with Crippen LogP contribution in [0.2, 0.25) is 0 Å². The minimum atomic E-state index is -0.459. The van der Waals surface area contributed by atoms with Crippen LogP contribution in [-0.2, 0) is 17.7 Å². The van der Waals surface area contributed by atoms with Gasteiger partial charge in [-0.15, -0.1) is 0 Å². The van der Waals surface area contributed by atoms with Crippen molar-refractivity contribution in [2.75, 3.05) is 7.11 Å². The molecule has 6 heteroatoms. The van der Waals surface area contributed by atoms with Crippen LogP contribution in [-0.4, -0.2) is 23.0 Å². The normalized spacial score (nSPS) is 10.8. The van der Waals surface area contributed by atoms with Gasteiger partial charge in [0.2, 0.25) is 6.54 Å². The van der Waals surface area contributed by atoms with E-state index in [-0.39, 0.29) is 5.56 Å². The van der Waals surface area contributed by atoms with Crippen LogP contribution in [0.4, 0.5) is 0 Å². The van der Waals surface area contributed by atoms with Gasteiger partial charge in [-0.25, -0.2) is 9.78 Å². The molecule has 0 atom stereocenters. The highest BCUT2D eigenvalue weighted by atomic mass is 16.5. The van der Waals surface area contributed by atoms with Crippen molar-refractivity contribution in [2.24, 2.45) is 0 Å². The molecule has 0 spiro atoms. The maximum Gasteiger partial charge on any atom is 0.337 e. The molecule has 0 aliphatic carbocycles. The molecule has 0 amide bonds. The van der Waals surface area contributed by atoms with Crippen molar-refractivity contribution in [1.82, 2.24) is 9.97 Å². The van der Waals surface area contributed by atoms with E-state index in [1.54, 1.807) is 18.2 Å². The largest absolute Gasteiger partial charge is 0.465 e. The zero-order valence-electron chi connectivity index (χ0n) is 16.0. The number of nitrogens with one attached hydrogen (secondary N) is 1. The van der Waals surface area contributed by atoms with E-state index in [2.05, 4.69) is 34.2 Å². The summed E-state index contributed by atoms with van der Waals surface area (Å²) < 4.78 is 6.69. The van der Waals surface area contributed by atoms with Crippen LogP contribution in [0.25, 0.3) is 10.9 Å². The molecule has 0 bridgehead atoms. The summed E-state index contributed by atoms with van der Waals surface area (Å²) in [5.41, 5.74) is 3.06. The molecule has 2 aromatic heterocycles. The summed E-state index contributed by atoms with van der Waals surface area (Å²) >= 11 is 0. The van der Waals surface area contributed by atoms with Crippen LogP contribution in [0.15, 0.2) is 77.9 Å². The lowest BCUT2D eigenvalue weighted by Gasteiger charge is -2.04. The first-order chi connectivity index (χ1) is 14.1. The molecule has 0 aliphatic rings. The minimum Gasteiger partial charge on any atom is -0.465 e. The predicted octanol–water partition coefficient (Wildman–Crippen LogP) is 2.64. The highest BCUT2D eigenvalue weighted by molar-refractivity contribution is 5.93. The molecule has 6 nitrogen and oxygen atoms in total. The maximum atomic E-state index is 12.4. The minimum absolute atomic E-state index is 0.234. The van der Waals surface area contributed by atoms with Gasteiger partial charge >= 0.3 is 5.97 Å². The zero-order chi connectivity index (χ0) is 20.2. The molecule has 4 aromatic rings. The van der Waals surface area contributed by atoms with Crippen LogP contribution in [0.3, 0.4) is 0 Å². The number of fused-ring (bicyclic) bond motifs is 1. The summed E-state index contributed by atoms with van der Waals surface area (Å²) in [6, 6.07) is 19.1. The van der Waals surface area contributed by atoms with E-state index in [1.165, 1.54) is 18.2 Å². The number of pyridine rings is 1. The molecule has 0 fully saturated rings. The Morgan fingerprint density at radius 1 is 1.03 bits per heavy atom. The second-order valence-corrected chi connectivity index (χ2v) is 6.78. The number of hydrogen-bond donors (Lipinski definition) is 1. The lowest BCUT2D eigenvalue weighted by atomic mass is 10.1. The smallest absolute Gasteiger partial charge is 0.337 e. The van der Waals surface area contributed by atoms with Crippen molar-refractivity contribution in [1.29, 1.82) is 0 Å². The first-order valence-corrected chi connectivity index (χ1v) is 9.25. The fourth-order valence-electron chi connectivity index (χ4n) is 3.22. The van der Waals surface area contributed by atoms with Gasteiger partial charge < -0.3 is 9.72 Å². The van der Waals surface area contributed by atoms with Gasteiger partial charge in [0, 0.05) is 12.1 Å². The summed E-state index contributed by atoms with van der Waals surface area (Å²) in [5, 5.41) is 0.435. The standard InChI is InChI=1S/C23H19N3O3/c1-29-23(28)18-7-8-19-20(14-18)24-21(25-22(19)27)15-26-11-9-17(10-12-26)13-16-5-3-2-4-6-16/h2-12,14H,13,15H2,1H3/p+1. The number of H-pyrrole nitrogens is 1. The van der Waals surface area contributed by atoms with Crippen LogP contribution < -0.4 is 10.1 Å². The quantitative estimate of drug-likeness (QED) is 0.423. The summed E-state index contributed by atoms with van der Waals surface area (Å²) in [4.78, 5) is 31.4. The van der Waals surface area contributed by atoms with Crippen molar-refractivity contribution < 1.29 is 14.1 Å². The van der Waals surface area contributed by atoms with Crippen LogP contribution in [0, 0.1) is 0 Å².